The molecule has 0 radical (unpaired) electrons. The molecule has 0 aromatic rings. The van der Waals surface area contributed by atoms with Crippen LogP contribution in [-0.4, -0.2) is 25.5 Å². The second-order valence-electron chi connectivity index (χ2n) is 4.81. The fourth-order valence-electron chi connectivity index (χ4n) is 2.01. The molecule has 72 valence electrons. The Balaban J connectivity index is 2.31. The fourth-order valence-corrected chi connectivity index (χ4v) is 2.01. The molecule has 1 unspecified atom stereocenters. The first-order valence-electron chi connectivity index (χ1n) is 4.93. The molecule has 0 amide bonds. The van der Waals surface area contributed by atoms with Crippen molar-refractivity contribution in [3.63, 3.8) is 0 Å². The maximum Gasteiger partial charge on any atom is 0.0949 e. The number of hydrogen-bond donors (Lipinski definition) is 0. The third-order valence-corrected chi connectivity index (χ3v) is 2.73. The fraction of sp³-hybridized carbons (Fsp3) is 0.727. The van der Waals surface area contributed by atoms with Crippen LogP contribution in [0.4, 0.5) is 0 Å². The van der Waals surface area contributed by atoms with E-state index in [9.17, 15) is 0 Å². The van der Waals surface area contributed by atoms with Crippen molar-refractivity contribution < 1.29 is 4.74 Å². The Morgan fingerprint density at radius 1 is 1.46 bits per heavy atom. The van der Waals surface area contributed by atoms with Gasteiger partial charge in [0.15, 0.2) is 0 Å². The third-order valence-electron chi connectivity index (χ3n) is 2.73. The summed E-state index contributed by atoms with van der Waals surface area (Å²) < 4.78 is 5.40. The highest BCUT2D eigenvalue weighted by Gasteiger charge is 2.30. The Bertz CT molecular complexity index is 270. The molecule has 0 bridgehead atoms. The lowest BCUT2D eigenvalue weighted by Gasteiger charge is -2.25. The van der Waals surface area contributed by atoms with E-state index < -0.39 is 0 Å². The molecule has 0 saturated carbocycles. The number of hydrogen-bond acceptors (Lipinski definition) is 2. The van der Waals surface area contributed by atoms with Crippen molar-refractivity contribution in [2.24, 2.45) is 10.4 Å². The highest BCUT2D eigenvalue weighted by atomic mass is 16.5. The number of ether oxygens (including phenoxy) is 1. The van der Waals surface area contributed by atoms with Crippen molar-refractivity contribution in [2.45, 2.75) is 33.2 Å². The van der Waals surface area contributed by atoms with Crippen molar-refractivity contribution in [1.29, 1.82) is 0 Å². The summed E-state index contributed by atoms with van der Waals surface area (Å²) in [4.78, 5) is 4.48. The average molecular weight is 179 g/mol. The lowest BCUT2D eigenvalue weighted by atomic mass is 9.82. The molecule has 1 saturated heterocycles. The van der Waals surface area contributed by atoms with E-state index in [-0.39, 0.29) is 5.41 Å². The van der Waals surface area contributed by atoms with E-state index in [2.05, 4.69) is 32.0 Å². The summed E-state index contributed by atoms with van der Waals surface area (Å²) >= 11 is 0. The zero-order valence-corrected chi connectivity index (χ0v) is 8.63. The number of aliphatic imine (C=N–C) groups is 1. The van der Waals surface area contributed by atoms with Gasteiger partial charge in [-0.15, -0.1) is 0 Å². The van der Waals surface area contributed by atoms with E-state index in [1.54, 1.807) is 0 Å². The van der Waals surface area contributed by atoms with E-state index in [0.29, 0.717) is 6.04 Å². The molecule has 1 fully saturated rings. The molecule has 13 heavy (non-hydrogen) atoms. The monoisotopic (exact) mass is 179 g/mol. The minimum atomic E-state index is 0.241. The smallest absolute Gasteiger partial charge is 0.0949 e. The molecule has 2 heteroatoms. The van der Waals surface area contributed by atoms with Gasteiger partial charge in [-0.2, -0.15) is 0 Å². The SMILES string of the molecule is CC(C)(C)C1=C2CCOCC2N=C1. The van der Waals surface area contributed by atoms with Gasteiger partial charge in [0, 0.05) is 6.21 Å². The normalized spacial score (nSPS) is 28.1. The molecule has 0 aliphatic carbocycles. The molecule has 2 aliphatic rings. The van der Waals surface area contributed by atoms with Crippen LogP contribution in [-0.2, 0) is 4.74 Å². The van der Waals surface area contributed by atoms with Crippen LogP contribution < -0.4 is 0 Å². The van der Waals surface area contributed by atoms with E-state index in [1.807, 2.05) is 0 Å². The van der Waals surface area contributed by atoms with Crippen molar-refractivity contribution >= 4 is 6.21 Å². The average Bonchev–Trinajstić information content (AvgIpc) is 2.45. The lowest BCUT2D eigenvalue weighted by Crippen LogP contribution is -2.23. The molecular weight excluding hydrogens is 162 g/mol. The minimum absolute atomic E-state index is 0.241. The Kier molecular flexibility index (Phi) is 2.03. The summed E-state index contributed by atoms with van der Waals surface area (Å²) in [7, 11) is 0. The molecule has 0 aromatic carbocycles. The second-order valence-corrected chi connectivity index (χ2v) is 4.81. The van der Waals surface area contributed by atoms with Crippen molar-refractivity contribution in [3.05, 3.63) is 11.1 Å². The molecule has 0 aromatic heterocycles. The van der Waals surface area contributed by atoms with Gasteiger partial charge in [-0.05, 0) is 23.0 Å². The van der Waals surface area contributed by atoms with Crippen molar-refractivity contribution in [3.8, 4) is 0 Å². The molecular formula is C11H17NO. The summed E-state index contributed by atoms with van der Waals surface area (Å²) in [5, 5.41) is 0. The van der Waals surface area contributed by atoms with Crippen LogP contribution >= 0.6 is 0 Å². The summed E-state index contributed by atoms with van der Waals surface area (Å²) in [6.07, 6.45) is 3.12. The molecule has 1 atom stereocenters. The zero-order chi connectivity index (χ0) is 9.47. The van der Waals surface area contributed by atoms with Gasteiger partial charge in [0.05, 0.1) is 19.3 Å². The second kappa shape index (κ2) is 2.95. The van der Waals surface area contributed by atoms with Gasteiger partial charge < -0.3 is 4.74 Å². The quantitative estimate of drug-likeness (QED) is 0.558. The summed E-state index contributed by atoms with van der Waals surface area (Å²) in [5.74, 6) is 0. The first kappa shape index (κ1) is 8.95. The molecule has 0 spiro atoms. The first-order chi connectivity index (χ1) is 6.09. The topological polar surface area (TPSA) is 21.6 Å². The number of allylic oxidation sites excluding steroid dienone is 1. The van der Waals surface area contributed by atoms with Crippen LogP contribution in [0.25, 0.3) is 0 Å². The Hall–Kier alpha value is -0.630. The van der Waals surface area contributed by atoms with Gasteiger partial charge in [-0.25, -0.2) is 0 Å². The predicted octanol–water partition coefficient (Wildman–Crippen LogP) is 2.20. The van der Waals surface area contributed by atoms with E-state index in [1.165, 1.54) is 11.1 Å². The lowest BCUT2D eigenvalue weighted by molar-refractivity contribution is 0.108. The van der Waals surface area contributed by atoms with Crippen LogP contribution in [0.15, 0.2) is 16.1 Å². The van der Waals surface area contributed by atoms with Gasteiger partial charge in [0.2, 0.25) is 0 Å². The standard InChI is InChI=1S/C11H17NO/c1-11(2,3)9-6-12-10-7-13-5-4-8(9)10/h6,10H,4-5,7H2,1-3H3. The van der Waals surface area contributed by atoms with Crippen LogP contribution in [0.2, 0.25) is 0 Å². The Labute approximate surface area is 79.7 Å². The minimum Gasteiger partial charge on any atom is -0.379 e. The maximum atomic E-state index is 5.40. The first-order valence-corrected chi connectivity index (χ1v) is 4.93. The molecule has 2 heterocycles. The van der Waals surface area contributed by atoms with Crippen LogP contribution in [0.1, 0.15) is 27.2 Å². The van der Waals surface area contributed by atoms with E-state index in [0.717, 1.165) is 19.6 Å². The number of rotatable bonds is 0. The molecule has 0 N–H and O–H groups in total. The zero-order valence-electron chi connectivity index (χ0n) is 8.63. The molecule has 2 nitrogen and oxygen atoms in total. The van der Waals surface area contributed by atoms with Gasteiger partial charge in [-0.1, -0.05) is 20.8 Å². The van der Waals surface area contributed by atoms with Crippen LogP contribution in [0.5, 0.6) is 0 Å². The van der Waals surface area contributed by atoms with E-state index in [4.69, 9.17) is 4.74 Å². The Morgan fingerprint density at radius 3 is 2.92 bits per heavy atom. The van der Waals surface area contributed by atoms with E-state index >= 15 is 0 Å². The Morgan fingerprint density at radius 2 is 2.23 bits per heavy atom. The third kappa shape index (κ3) is 1.55. The highest BCUT2D eigenvalue weighted by molar-refractivity contribution is 5.85. The predicted molar refractivity (Wildman–Crippen MR) is 54.2 cm³/mol. The summed E-state index contributed by atoms with van der Waals surface area (Å²) in [6.45, 7) is 8.40. The van der Waals surface area contributed by atoms with Crippen molar-refractivity contribution in [1.82, 2.24) is 0 Å². The van der Waals surface area contributed by atoms with Gasteiger partial charge >= 0.3 is 0 Å². The summed E-state index contributed by atoms with van der Waals surface area (Å²) in [5.41, 5.74) is 3.19. The van der Waals surface area contributed by atoms with Gasteiger partial charge in [-0.3, -0.25) is 4.99 Å². The number of fused-ring (bicyclic) bond motifs is 1. The van der Waals surface area contributed by atoms with Gasteiger partial charge in [0.25, 0.3) is 0 Å². The van der Waals surface area contributed by atoms with Gasteiger partial charge in [0.1, 0.15) is 0 Å². The largest absolute Gasteiger partial charge is 0.379 e. The van der Waals surface area contributed by atoms with Crippen LogP contribution in [0, 0.1) is 5.41 Å². The highest BCUT2D eigenvalue weighted by Crippen LogP contribution is 2.35. The van der Waals surface area contributed by atoms with Crippen LogP contribution in [0.3, 0.4) is 0 Å². The maximum absolute atomic E-state index is 5.40. The number of nitrogens with zero attached hydrogens (tertiary/aromatic N) is 1. The molecule has 2 aliphatic heterocycles. The molecule has 2 rings (SSSR count). The summed E-state index contributed by atoms with van der Waals surface area (Å²) in [6, 6.07) is 0.336. The van der Waals surface area contributed by atoms with Crippen molar-refractivity contribution in [2.75, 3.05) is 13.2 Å².